The van der Waals surface area contributed by atoms with Gasteiger partial charge in [-0.15, -0.1) is 0 Å². The summed E-state index contributed by atoms with van der Waals surface area (Å²) < 4.78 is 27.1. The highest BCUT2D eigenvalue weighted by Crippen LogP contribution is 2.19. The van der Waals surface area contributed by atoms with Crippen LogP contribution in [-0.2, 0) is 4.79 Å². The smallest absolute Gasteiger partial charge is 0.254 e. The van der Waals surface area contributed by atoms with Crippen molar-refractivity contribution in [1.29, 1.82) is 0 Å². The van der Waals surface area contributed by atoms with Gasteiger partial charge in [0.05, 0.1) is 12.2 Å². The fourth-order valence-corrected chi connectivity index (χ4v) is 3.23. The number of hydrogen-bond acceptors (Lipinski definition) is 4. The van der Waals surface area contributed by atoms with Gasteiger partial charge in [-0.1, -0.05) is 0 Å². The van der Waals surface area contributed by atoms with Gasteiger partial charge in [-0.05, 0) is 42.5 Å². The number of piperazine rings is 1. The number of nitrogens with zero attached hydrogens (tertiary/aromatic N) is 3. The lowest BCUT2D eigenvalue weighted by Gasteiger charge is -2.34. The molecule has 0 aromatic heterocycles. The molecule has 1 saturated heterocycles. The average Bonchev–Trinajstić information content (AvgIpc) is 2.69. The molecule has 154 valence electrons. The van der Waals surface area contributed by atoms with Crippen molar-refractivity contribution in [1.82, 2.24) is 9.80 Å². The highest BCUT2D eigenvalue weighted by atomic mass is 19.1. The molecule has 2 aromatic rings. The maximum atomic E-state index is 14.1. The number of amides is 2. The quantitative estimate of drug-likeness (QED) is 0.835. The summed E-state index contributed by atoms with van der Waals surface area (Å²) >= 11 is 0. The second kappa shape index (κ2) is 9.00. The first kappa shape index (κ1) is 20.7. The molecule has 2 amide bonds. The molecule has 1 fully saturated rings. The summed E-state index contributed by atoms with van der Waals surface area (Å²) in [6.07, 6.45) is 0. The van der Waals surface area contributed by atoms with Crippen LogP contribution in [0.1, 0.15) is 10.4 Å². The molecule has 0 saturated carbocycles. The van der Waals surface area contributed by atoms with Crippen molar-refractivity contribution in [2.24, 2.45) is 0 Å². The van der Waals surface area contributed by atoms with E-state index in [1.165, 1.54) is 30.3 Å². The Kier molecular flexibility index (Phi) is 6.43. The number of benzene rings is 2. The van der Waals surface area contributed by atoms with E-state index in [9.17, 15) is 18.4 Å². The van der Waals surface area contributed by atoms with Crippen LogP contribution in [0.25, 0.3) is 0 Å². The van der Waals surface area contributed by atoms with E-state index in [0.29, 0.717) is 43.1 Å². The third-order valence-corrected chi connectivity index (χ3v) is 4.83. The second-order valence-electron chi connectivity index (χ2n) is 7.18. The molecule has 8 heteroatoms. The van der Waals surface area contributed by atoms with Crippen LogP contribution in [0.4, 0.5) is 20.2 Å². The van der Waals surface area contributed by atoms with Gasteiger partial charge in [0.2, 0.25) is 5.91 Å². The van der Waals surface area contributed by atoms with E-state index < -0.39 is 5.82 Å². The van der Waals surface area contributed by atoms with Gasteiger partial charge in [0.15, 0.2) is 0 Å². The molecule has 2 aromatic carbocycles. The molecule has 0 radical (unpaired) electrons. The minimum absolute atomic E-state index is 0.186. The largest absolute Gasteiger partial charge is 0.375 e. The number of halogens is 2. The second-order valence-corrected chi connectivity index (χ2v) is 7.18. The molecule has 1 heterocycles. The maximum absolute atomic E-state index is 14.1. The predicted molar refractivity (Wildman–Crippen MR) is 108 cm³/mol. The fourth-order valence-electron chi connectivity index (χ4n) is 3.23. The van der Waals surface area contributed by atoms with Crippen LogP contribution in [0, 0.1) is 11.6 Å². The summed E-state index contributed by atoms with van der Waals surface area (Å²) in [4.78, 5) is 30.1. The molecule has 0 bridgehead atoms. The van der Waals surface area contributed by atoms with Crippen molar-refractivity contribution in [2.45, 2.75) is 0 Å². The van der Waals surface area contributed by atoms with Gasteiger partial charge in [0, 0.05) is 51.5 Å². The first-order valence-corrected chi connectivity index (χ1v) is 9.37. The zero-order chi connectivity index (χ0) is 21.0. The van der Waals surface area contributed by atoms with Crippen LogP contribution in [-0.4, -0.2) is 68.4 Å². The van der Waals surface area contributed by atoms with Crippen molar-refractivity contribution < 1.29 is 18.4 Å². The Labute approximate surface area is 168 Å². The summed E-state index contributed by atoms with van der Waals surface area (Å²) in [5.74, 6) is -1.21. The van der Waals surface area contributed by atoms with Gasteiger partial charge in [0.1, 0.15) is 11.6 Å². The van der Waals surface area contributed by atoms with Crippen molar-refractivity contribution in [3.8, 4) is 0 Å². The molecule has 0 spiro atoms. The molecule has 29 heavy (non-hydrogen) atoms. The molecule has 1 N–H and O–H groups in total. The summed E-state index contributed by atoms with van der Waals surface area (Å²) in [7, 11) is 3.48. The summed E-state index contributed by atoms with van der Waals surface area (Å²) in [6.45, 7) is 2.19. The summed E-state index contributed by atoms with van der Waals surface area (Å²) in [5.41, 5.74) is 1.28. The van der Waals surface area contributed by atoms with E-state index in [0.717, 1.165) is 0 Å². The fraction of sp³-hybridized carbons (Fsp3) is 0.333. The lowest BCUT2D eigenvalue weighted by Crippen LogP contribution is -2.50. The Hall–Kier alpha value is -3.00. The van der Waals surface area contributed by atoms with E-state index in [-0.39, 0.29) is 24.2 Å². The highest BCUT2D eigenvalue weighted by molar-refractivity contribution is 5.95. The van der Waals surface area contributed by atoms with Gasteiger partial charge >= 0.3 is 0 Å². The van der Waals surface area contributed by atoms with Crippen LogP contribution >= 0.6 is 0 Å². The molecular formula is C21H24F2N4O2. The van der Waals surface area contributed by atoms with Crippen molar-refractivity contribution in [3.63, 3.8) is 0 Å². The SMILES string of the molecule is CN(C)c1ccc(C(=O)N2CCN(CC(=O)Nc3ccc(F)cc3)CC2)cc1F. The molecule has 1 aliphatic heterocycles. The van der Waals surface area contributed by atoms with E-state index in [4.69, 9.17) is 0 Å². The Morgan fingerprint density at radius 2 is 1.66 bits per heavy atom. The van der Waals surface area contributed by atoms with Crippen molar-refractivity contribution >= 4 is 23.2 Å². The van der Waals surface area contributed by atoms with Crippen LogP contribution in [0.3, 0.4) is 0 Å². The molecule has 0 unspecified atom stereocenters. The number of nitrogens with one attached hydrogen (secondary N) is 1. The number of hydrogen-bond donors (Lipinski definition) is 1. The number of anilines is 2. The van der Waals surface area contributed by atoms with Crippen molar-refractivity contribution in [3.05, 3.63) is 59.7 Å². The number of carbonyl (C=O) groups excluding carboxylic acids is 2. The van der Waals surface area contributed by atoms with Crippen LogP contribution in [0.5, 0.6) is 0 Å². The lowest BCUT2D eigenvalue weighted by molar-refractivity contribution is -0.117. The van der Waals surface area contributed by atoms with Gasteiger partial charge in [0.25, 0.3) is 5.91 Å². The Bertz CT molecular complexity index is 879. The minimum Gasteiger partial charge on any atom is -0.375 e. The monoisotopic (exact) mass is 402 g/mol. The third-order valence-electron chi connectivity index (χ3n) is 4.83. The minimum atomic E-state index is -0.433. The standard InChI is InChI=1S/C21H24F2N4O2/c1-25(2)19-8-3-15(13-18(19)23)21(29)27-11-9-26(10-12-27)14-20(28)24-17-6-4-16(22)5-7-17/h3-8,13H,9-12,14H2,1-2H3,(H,24,28). The van der Waals surface area contributed by atoms with Gasteiger partial charge in [-0.3, -0.25) is 14.5 Å². The molecule has 0 aliphatic carbocycles. The lowest BCUT2D eigenvalue weighted by atomic mass is 10.1. The molecular weight excluding hydrogens is 378 g/mol. The predicted octanol–water partition coefficient (Wildman–Crippen LogP) is 2.43. The number of carbonyl (C=O) groups is 2. The summed E-state index contributed by atoms with van der Waals surface area (Å²) in [6, 6.07) is 10.1. The Morgan fingerprint density at radius 1 is 1.00 bits per heavy atom. The van der Waals surface area contributed by atoms with Crippen LogP contribution in [0.2, 0.25) is 0 Å². The van der Waals surface area contributed by atoms with E-state index in [1.54, 1.807) is 36.0 Å². The average molecular weight is 402 g/mol. The maximum Gasteiger partial charge on any atom is 0.254 e. The molecule has 0 atom stereocenters. The first-order chi connectivity index (χ1) is 13.8. The van der Waals surface area contributed by atoms with Gasteiger partial charge in [-0.2, -0.15) is 0 Å². The molecule has 1 aliphatic rings. The van der Waals surface area contributed by atoms with E-state index in [1.807, 2.05) is 4.90 Å². The van der Waals surface area contributed by atoms with Crippen LogP contribution < -0.4 is 10.2 Å². The Balaban J connectivity index is 1.50. The highest BCUT2D eigenvalue weighted by Gasteiger charge is 2.24. The van der Waals surface area contributed by atoms with Gasteiger partial charge < -0.3 is 15.1 Å². The molecule has 6 nitrogen and oxygen atoms in total. The zero-order valence-corrected chi connectivity index (χ0v) is 16.5. The van der Waals surface area contributed by atoms with Crippen molar-refractivity contribution in [2.75, 3.05) is 57.0 Å². The van der Waals surface area contributed by atoms with Gasteiger partial charge in [-0.25, -0.2) is 8.78 Å². The van der Waals surface area contributed by atoms with E-state index >= 15 is 0 Å². The Morgan fingerprint density at radius 3 is 2.24 bits per heavy atom. The molecule has 3 rings (SSSR count). The normalized spacial score (nSPS) is 14.6. The zero-order valence-electron chi connectivity index (χ0n) is 16.5. The van der Waals surface area contributed by atoms with E-state index in [2.05, 4.69) is 5.32 Å². The summed E-state index contributed by atoms with van der Waals surface area (Å²) in [5, 5.41) is 2.72. The third kappa shape index (κ3) is 5.29. The first-order valence-electron chi connectivity index (χ1n) is 9.37. The topological polar surface area (TPSA) is 55.9 Å². The van der Waals surface area contributed by atoms with Crippen LogP contribution in [0.15, 0.2) is 42.5 Å². The number of rotatable bonds is 5.